The van der Waals surface area contributed by atoms with Crippen molar-refractivity contribution in [2.45, 2.75) is 37.1 Å². The van der Waals surface area contributed by atoms with Crippen LogP contribution in [0.15, 0.2) is 23.1 Å². The summed E-state index contributed by atoms with van der Waals surface area (Å²) >= 11 is 14.0. The molecule has 6 nitrogen and oxygen atoms in total. The summed E-state index contributed by atoms with van der Waals surface area (Å²) in [6, 6.07) is 3.26. The van der Waals surface area contributed by atoms with Gasteiger partial charge < -0.3 is 15.3 Å². The summed E-state index contributed by atoms with van der Waals surface area (Å²) in [7, 11) is 0. The first-order valence-corrected chi connectivity index (χ1v) is 11.2. The molecule has 0 aliphatic carbocycles. The Morgan fingerprint density at radius 3 is 2.52 bits per heavy atom. The molecular formula is C20H24Cl2N2O4S. The van der Waals surface area contributed by atoms with Crippen LogP contribution < -0.4 is 5.32 Å². The zero-order valence-electron chi connectivity index (χ0n) is 16.3. The van der Waals surface area contributed by atoms with Gasteiger partial charge in [0.25, 0.3) is 0 Å². The van der Waals surface area contributed by atoms with Crippen molar-refractivity contribution in [3.05, 3.63) is 33.8 Å². The maximum absolute atomic E-state index is 12.5. The number of thioether (sulfide) groups is 1. The molecule has 2 rings (SSSR count). The lowest BCUT2D eigenvalue weighted by Gasteiger charge is -2.31. The van der Waals surface area contributed by atoms with Crippen LogP contribution >= 0.6 is 35.0 Å². The molecule has 1 saturated heterocycles. The third-order valence-corrected chi connectivity index (χ3v) is 6.54. The molecule has 1 aliphatic rings. The van der Waals surface area contributed by atoms with Gasteiger partial charge in [0, 0.05) is 36.0 Å². The molecule has 1 aromatic rings. The minimum Gasteiger partial charge on any atom is -0.481 e. The molecule has 2 N–H and O–H groups in total. The lowest BCUT2D eigenvalue weighted by Crippen LogP contribution is -2.44. The fraction of sp³-hybridized carbons (Fsp3) is 0.450. The highest BCUT2D eigenvalue weighted by atomic mass is 35.5. The van der Waals surface area contributed by atoms with E-state index >= 15 is 0 Å². The second-order valence-corrected chi connectivity index (χ2v) is 8.53. The van der Waals surface area contributed by atoms with Crippen LogP contribution in [0.5, 0.6) is 0 Å². The van der Waals surface area contributed by atoms with E-state index < -0.39 is 12.0 Å². The van der Waals surface area contributed by atoms with Crippen LogP contribution in [0.25, 0.3) is 6.08 Å². The fourth-order valence-electron chi connectivity index (χ4n) is 3.14. The van der Waals surface area contributed by atoms with Gasteiger partial charge >= 0.3 is 5.97 Å². The normalized spacial score (nSPS) is 16.1. The Balaban J connectivity index is 1.89. The summed E-state index contributed by atoms with van der Waals surface area (Å²) in [6.07, 6.45) is 5.99. The van der Waals surface area contributed by atoms with Gasteiger partial charge in [-0.25, -0.2) is 0 Å². The molecule has 0 bridgehead atoms. The van der Waals surface area contributed by atoms with Crippen molar-refractivity contribution in [3.8, 4) is 0 Å². The highest BCUT2D eigenvalue weighted by Gasteiger charge is 2.27. The maximum Gasteiger partial charge on any atom is 0.305 e. The number of carbonyl (C=O) groups excluding carboxylic acids is 2. The van der Waals surface area contributed by atoms with Gasteiger partial charge in [0.2, 0.25) is 11.8 Å². The highest BCUT2D eigenvalue weighted by Crippen LogP contribution is 2.35. The van der Waals surface area contributed by atoms with Gasteiger partial charge in [-0.15, -0.1) is 11.8 Å². The number of carbonyl (C=O) groups is 3. The van der Waals surface area contributed by atoms with E-state index in [1.807, 2.05) is 18.4 Å². The number of nitrogens with one attached hydrogen (secondary N) is 1. The van der Waals surface area contributed by atoms with E-state index in [1.54, 1.807) is 17.9 Å². The average Bonchev–Trinajstić information content (AvgIpc) is 2.68. The number of hydrogen-bond acceptors (Lipinski definition) is 4. The summed E-state index contributed by atoms with van der Waals surface area (Å²) in [5.74, 6) is -1.47. The van der Waals surface area contributed by atoms with E-state index in [4.69, 9.17) is 28.3 Å². The Kier molecular flexibility index (Phi) is 8.86. The molecule has 158 valence electrons. The smallest absolute Gasteiger partial charge is 0.305 e. The molecule has 0 spiro atoms. The van der Waals surface area contributed by atoms with E-state index in [0.717, 1.165) is 4.90 Å². The molecule has 0 saturated carbocycles. The largest absolute Gasteiger partial charge is 0.481 e. The standard InChI is InChI=1S/C20H24Cl2N2O4S/c1-12(11-17(26)27)23-20(28)14-7-9-24(10-8-14)16(25)6-4-13-3-5-15(29-2)19(22)18(13)21/h3-6,12,14H,7-11H2,1-2H3,(H,23,28)(H,26,27)/b6-4+. The average molecular weight is 459 g/mol. The molecule has 1 unspecified atom stereocenters. The number of hydrogen-bond donors (Lipinski definition) is 2. The monoisotopic (exact) mass is 458 g/mol. The van der Waals surface area contributed by atoms with Gasteiger partial charge in [0.15, 0.2) is 0 Å². The van der Waals surface area contributed by atoms with Crippen molar-refractivity contribution >= 4 is 58.8 Å². The van der Waals surface area contributed by atoms with Crippen LogP contribution in [0, 0.1) is 5.92 Å². The Morgan fingerprint density at radius 1 is 1.28 bits per heavy atom. The Labute approximate surface area is 184 Å². The van der Waals surface area contributed by atoms with Gasteiger partial charge in [-0.3, -0.25) is 14.4 Å². The molecule has 1 heterocycles. The van der Waals surface area contributed by atoms with Crippen LogP contribution in [0.4, 0.5) is 0 Å². The summed E-state index contributed by atoms with van der Waals surface area (Å²) in [5, 5.41) is 12.4. The van der Waals surface area contributed by atoms with Crippen LogP contribution in [0.2, 0.25) is 10.0 Å². The highest BCUT2D eigenvalue weighted by molar-refractivity contribution is 7.98. The quantitative estimate of drug-likeness (QED) is 0.477. The molecule has 1 aliphatic heterocycles. The van der Waals surface area contributed by atoms with Gasteiger partial charge in [-0.1, -0.05) is 29.3 Å². The van der Waals surface area contributed by atoms with Gasteiger partial charge in [-0.2, -0.15) is 0 Å². The fourth-order valence-corrected chi connectivity index (χ4v) is 4.31. The van der Waals surface area contributed by atoms with Crippen LogP contribution in [-0.2, 0) is 14.4 Å². The third kappa shape index (κ3) is 6.66. The number of likely N-dealkylation sites (tertiary alicyclic amines) is 1. The number of benzene rings is 1. The minimum atomic E-state index is -0.950. The number of amides is 2. The maximum atomic E-state index is 12.5. The Morgan fingerprint density at radius 2 is 1.93 bits per heavy atom. The summed E-state index contributed by atoms with van der Waals surface area (Å²) in [4.78, 5) is 38.0. The summed E-state index contributed by atoms with van der Waals surface area (Å²) in [6.45, 7) is 2.60. The Bertz CT molecular complexity index is 808. The molecule has 1 atom stereocenters. The number of nitrogens with zero attached hydrogens (tertiary/aromatic N) is 1. The van der Waals surface area contributed by atoms with E-state index in [9.17, 15) is 14.4 Å². The predicted molar refractivity (Wildman–Crippen MR) is 116 cm³/mol. The topological polar surface area (TPSA) is 86.7 Å². The van der Waals surface area contributed by atoms with Gasteiger partial charge in [-0.05, 0) is 43.7 Å². The minimum absolute atomic E-state index is 0.113. The van der Waals surface area contributed by atoms with Crippen molar-refractivity contribution in [2.24, 2.45) is 5.92 Å². The van der Waals surface area contributed by atoms with Crippen molar-refractivity contribution in [3.63, 3.8) is 0 Å². The van der Waals surface area contributed by atoms with Crippen molar-refractivity contribution in [1.82, 2.24) is 10.2 Å². The molecule has 0 radical (unpaired) electrons. The number of aliphatic carboxylic acids is 1. The van der Waals surface area contributed by atoms with Gasteiger partial charge in [0.1, 0.15) is 0 Å². The molecule has 1 fully saturated rings. The number of piperidine rings is 1. The molecular weight excluding hydrogens is 435 g/mol. The zero-order valence-corrected chi connectivity index (χ0v) is 18.6. The van der Waals surface area contributed by atoms with Crippen LogP contribution in [0.1, 0.15) is 31.7 Å². The lowest BCUT2D eigenvalue weighted by atomic mass is 9.95. The number of carboxylic acids is 1. The number of halogens is 2. The van der Waals surface area contributed by atoms with Crippen molar-refractivity contribution in [1.29, 1.82) is 0 Å². The van der Waals surface area contributed by atoms with E-state index in [2.05, 4.69) is 5.32 Å². The lowest BCUT2D eigenvalue weighted by molar-refractivity contribution is -0.138. The van der Waals surface area contributed by atoms with Crippen LogP contribution in [0.3, 0.4) is 0 Å². The number of carboxylic acid groups (broad SMARTS) is 1. The van der Waals surface area contributed by atoms with Gasteiger partial charge in [0.05, 0.1) is 16.5 Å². The number of rotatable bonds is 7. The first-order chi connectivity index (χ1) is 13.7. The molecule has 9 heteroatoms. The summed E-state index contributed by atoms with van der Waals surface area (Å²) < 4.78 is 0. The third-order valence-electron chi connectivity index (χ3n) is 4.75. The zero-order chi connectivity index (χ0) is 21.6. The Hall–Kier alpha value is -1.70. The van der Waals surface area contributed by atoms with E-state index in [1.165, 1.54) is 17.8 Å². The van der Waals surface area contributed by atoms with E-state index in [0.29, 0.717) is 41.5 Å². The SMILES string of the molecule is CSc1ccc(/C=C/C(=O)N2CCC(C(=O)NC(C)CC(=O)O)CC2)c(Cl)c1Cl. The second kappa shape index (κ2) is 10.9. The molecule has 2 amide bonds. The molecule has 29 heavy (non-hydrogen) atoms. The second-order valence-electron chi connectivity index (χ2n) is 6.93. The van der Waals surface area contributed by atoms with E-state index in [-0.39, 0.29) is 24.2 Å². The molecule has 0 aromatic heterocycles. The predicted octanol–water partition coefficient (Wildman–Crippen LogP) is 3.95. The first-order valence-electron chi connectivity index (χ1n) is 9.24. The van der Waals surface area contributed by atoms with Crippen molar-refractivity contribution < 1.29 is 19.5 Å². The van der Waals surface area contributed by atoms with Crippen molar-refractivity contribution in [2.75, 3.05) is 19.3 Å². The molecule has 1 aromatic carbocycles. The van der Waals surface area contributed by atoms with Crippen LogP contribution in [-0.4, -0.2) is 53.2 Å². The first kappa shape index (κ1) is 23.6. The summed E-state index contributed by atoms with van der Waals surface area (Å²) in [5.41, 5.74) is 0.671.